The van der Waals surface area contributed by atoms with Gasteiger partial charge < -0.3 is 9.88 Å². The molecule has 5 nitrogen and oxygen atoms in total. The zero-order valence-electron chi connectivity index (χ0n) is 9.99. The quantitative estimate of drug-likeness (QED) is 0.798. The lowest BCUT2D eigenvalue weighted by Gasteiger charge is -2.05. The second-order valence-electron chi connectivity index (χ2n) is 3.94. The average Bonchev–Trinajstić information content (AvgIpc) is 2.61. The molecule has 16 heavy (non-hydrogen) atoms. The van der Waals surface area contributed by atoms with E-state index in [2.05, 4.69) is 27.2 Å². The van der Waals surface area contributed by atoms with Gasteiger partial charge in [0.15, 0.2) is 5.65 Å². The van der Waals surface area contributed by atoms with Crippen LogP contribution in [0.4, 0.5) is 5.95 Å². The number of unbranched alkanes of at least 4 members (excludes halogenated alkanes) is 1. The Labute approximate surface area is 94.9 Å². The molecule has 0 aliphatic heterocycles. The molecule has 0 saturated heterocycles. The van der Waals surface area contributed by atoms with Gasteiger partial charge in [-0.25, -0.2) is 9.97 Å². The lowest BCUT2D eigenvalue weighted by molar-refractivity contribution is 0.826. The van der Waals surface area contributed by atoms with Crippen LogP contribution in [0.25, 0.3) is 11.2 Å². The zero-order valence-corrected chi connectivity index (χ0v) is 9.99. The van der Waals surface area contributed by atoms with E-state index in [0.717, 1.165) is 36.2 Å². The third-order valence-electron chi connectivity index (χ3n) is 2.56. The van der Waals surface area contributed by atoms with Gasteiger partial charge in [-0.3, -0.25) is 0 Å². The first-order valence-electron chi connectivity index (χ1n) is 5.62. The van der Waals surface area contributed by atoms with E-state index >= 15 is 0 Å². The minimum atomic E-state index is 0.678. The maximum atomic E-state index is 4.42. The Bertz CT molecular complexity index is 488. The number of imidazole rings is 1. The fourth-order valence-corrected chi connectivity index (χ4v) is 1.71. The van der Waals surface area contributed by atoms with Crippen LogP contribution in [-0.2, 0) is 7.05 Å². The van der Waals surface area contributed by atoms with Gasteiger partial charge in [-0.1, -0.05) is 13.3 Å². The molecule has 2 aromatic rings. The van der Waals surface area contributed by atoms with Crippen LogP contribution in [0.2, 0.25) is 0 Å². The second kappa shape index (κ2) is 4.47. The molecule has 0 aliphatic carbocycles. The van der Waals surface area contributed by atoms with E-state index < -0.39 is 0 Å². The zero-order chi connectivity index (χ0) is 11.5. The van der Waals surface area contributed by atoms with Crippen molar-refractivity contribution < 1.29 is 0 Å². The summed E-state index contributed by atoms with van der Waals surface area (Å²) in [5, 5.41) is 3.22. The van der Waals surface area contributed by atoms with E-state index in [1.54, 1.807) is 6.33 Å². The van der Waals surface area contributed by atoms with E-state index in [-0.39, 0.29) is 0 Å². The Hall–Kier alpha value is -1.65. The van der Waals surface area contributed by atoms with Gasteiger partial charge in [0.05, 0.1) is 12.0 Å². The van der Waals surface area contributed by atoms with E-state index in [0.29, 0.717) is 5.95 Å². The number of hydrogen-bond donors (Lipinski definition) is 1. The lowest BCUT2D eigenvalue weighted by atomic mass is 10.3. The highest BCUT2D eigenvalue weighted by Gasteiger charge is 2.07. The Morgan fingerprint density at radius 2 is 2.19 bits per heavy atom. The van der Waals surface area contributed by atoms with Crippen LogP contribution in [0, 0.1) is 6.92 Å². The second-order valence-corrected chi connectivity index (χ2v) is 3.94. The molecule has 2 aromatic heterocycles. The Balaban J connectivity index is 2.28. The lowest BCUT2D eigenvalue weighted by Crippen LogP contribution is -2.06. The fraction of sp³-hybridized carbons (Fsp3) is 0.545. The highest BCUT2D eigenvalue weighted by molar-refractivity contribution is 5.74. The Morgan fingerprint density at radius 1 is 1.38 bits per heavy atom. The molecule has 0 amide bonds. The highest BCUT2D eigenvalue weighted by atomic mass is 15.2. The topological polar surface area (TPSA) is 55.6 Å². The number of nitrogens with one attached hydrogen (secondary N) is 1. The molecule has 0 saturated carbocycles. The molecule has 0 atom stereocenters. The SMILES string of the molecule is CCCCNc1nc(C)c2c(ncn2C)n1. The third-order valence-corrected chi connectivity index (χ3v) is 2.56. The molecule has 86 valence electrons. The van der Waals surface area contributed by atoms with E-state index in [4.69, 9.17) is 0 Å². The normalized spacial score (nSPS) is 10.9. The van der Waals surface area contributed by atoms with Crippen LogP contribution >= 0.6 is 0 Å². The number of anilines is 1. The van der Waals surface area contributed by atoms with Crippen LogP contribution < -0.4 is 5.32 Å². The molecule has 2 heterocycles. The minimum absolute atomic E-state index is 0.678. The van der Waals surface area contributed by atoms with Crippen molar-refractivity contribution in [2.24, 2.45) is 7.05 Å². The summed E-state index contributed by atoms with van der Waals surface area (Å²) >= 11 is 0. The first kappa shape index (κ1) is 10.9. The third kappa shape index (κ3) is 1.98. The highest BCUT2D eigenvalue weighted by Crippen LogP contribution is 2.14. The van der Waals surface area contributed by atoms with Crippen molar-refractivity contribution in [3.8, 4) is 0 Å². The van der Waals surface area contributed by atoms with Gasteiger partial charge in [0, 0.05) is 13.6 Å². The predicted molar refractivity (Wildman–Crippen MR) is 64.4 cm³/mol. The van der Waals surface area contributed by atoms with Gasteiger partial charge in [0.25, 0.3) is 0 Å². The summed E-state index contributed by atoms with van der Waals surface area (Å²) in [4.78, 5) is 13.0. The number of aromatic nitrogens is 4. The number of aryl methyl sites for hydroxylation is 2. The molecule has 0 spiro atoms. The number of rotatable bonds is 4. The smallest absolute Gasteiger partial charge is 0.225 e. The van der Waals surface area contributed by atoms with Crippen molar-refractivity contribution in [1.82, 2.24) is 19.5 Å². The van der Waals surface area contributed by atoms with Crippen molar-refractivity contribution in [2.45, 2.75) is 26.7 Å². The van der Waals surface area contributed by atoms with Crippen LogP contribution in [0.1, 0.15) is 25.5 Å². The maximum absolute atomic E-state index is 4.42. The van der Waals surface area contributed by atoms with Gasteiger partial charge in [-0.05, 0) is 13.3 Å². The van der Waals surface area contributed by atoms with Crippen LogP contribution in [0.15, 0.2) is 6.33 Å². The first-order valence-corrected chi connectivity index (χ1v) is 5.62. The molecule has 0 aromatic carbocycles. The van der Waals surface area contributed by atoms with E-state index in [9.17, 15) is 0 Å². The summed E-state index contributed by atoms with van der Waals surface area (Å²) < 4.78 is 1.94. The Morgan fingerprint density at radius 3 is 2.94 bits per heavy atom. The standard InChI is InChI=1S/C11H17N5/c1-4-5-6-12-11-14-8(2)9-10(15-11)13-7-16(9)3/h7H,4-6H2,1-3H3,(H,12,14,15). The van der Waals surface area contributed by atoms with Crippen LogP contribution in [-0.4, -0.2) is 26.1 Å². The molecule has 2 rings (SSSR count). The summed E-state index contributed by atoms with van der Waals surface area (Å²) in [6.07, 6.45) is 4.06. The molecule has 0 bridgehead atoms. The monoisotopic (exact) mass is 219 g/mol. The van der Waals surface area contributed by atoms with Crippen molar-refractivity contribution in [3.05, 3.63) is 12.0 Å². The van der Waals surface area contributed by atoms with Crippen molar-refractivity contribution >= 4 is 17.1 Å². The fourth-order valence-electron chi connectivity index (χ4n) is 1.71. The number of nitrogens with zero attached hydrogens (tertiary/aromatic N) is 4. The first-order chi connectivity index (χ1) is 7.72. The van der Waals surface area contributed by atoms with E-state index in [1.165, 1.54) is 0 Å². The van der Waals surface area contributed by atoms with Gasteiger partial charge in [0.2, 0.25) is 5.95 Å². The van der Waals surface area contributed by atoms with Crippen molar-refractivity contribution in [3.63, 3.8) is 0 Å². The van der Waals surface area contributed by atoms with Gasteiger partial charge in [-0.2, -0.15) is 4.98 Å². The van der Waals surface area contributed by atoms with Crippen molar-refractivity contribution in [1.29, 1.82) is 0 Å². The predicted octanol–water partition coefficient (Wildman–Crippen LogP) is 1.88. The average molecular weight is 219 g/mol. The van der Waals surface area contributed by atoms with Gasteiger partial charge in [0.1, 0.15) is 5.52 Å². The largest absolute Gasteiger partial charge is 0.354 e. The number of hydrogen-bond acceptors (Lipinski definition) is 4. The number of fused-ring (bicyclic) bond motifs is 1. The molecule has 0 unspecified atom stereocenters. The maximum Gasteiger partial charge on any atom is 0.225 e. The molecule has 1 N–H and O–H groups in total. The summed E-state index contributed by atoms with van der Waals surface area (Å²) in [6.45, 7) is 5.06. The molecular formula is C11H17N5. The molecule has 5 heteroatoms. The summed E-state index contributed by atoms with van der Waals surface area (Å²) in [7, 11) is 1.95. The minimum Gasteiger partial charge on any atom is -0.354 e. The molecular weight excluding hydrogens is 202 g/mol. The summed E-state index contributed by atoms with van der Waals surface area (Å²) in [5.74, 6) is 0.678. The molecule has 0 radical (unpaired) electrons. The molecule has 0 aliphatic rings. The van der Waals surface area contributed by atoms with E-state index in [1.807, 2.05) is 18.5 Å². The van der Waals surface area contributed by atoms with Gasteiger partial charge >= 0.3 is 0 Å². The molecule has 0 fully saturated rings. The summed E-state index contributed by atoms with van der Waals surface area (Å²) in [6, 6.07) is 0. The van der Waals surface area contributed by atoms with Crippen molar-refractivity contribution in [2.75, 3.05) is 11.9 Å². The van der Waals surface area contributed by atoms with Gasteiger partial charge in [-0.15, -0.1) is 0 Å². The van der Waals surface area contributed by atoms with Crippen LogP contribution in [0.5, 0.6) is 0 Å². The summed E-state index contributed by atoms with van der Waals surface area (Å²) in [5.41, 5.74) is 2.72. The Kier molecular flexibility index (Phi) is 3.03. The van der Waals surface area contributed by atoms with Crippen LogP contribution in [0.3, 0.4) is 0 Å².